The quantitative estimate of drug-likeness (QED) is 0.156. The third-order valence-corrected chi connectivity index (χ3v) is 14.5. The van der Waals surface area contributed by atoms with Gasteiger partial charge in [0.1, 0.15) is 30.1 Å². The van der Waals surface area contributed by atoms with Gasteiger partial charge >= 0.3 is 5.97 Å². The summed E-state index contributed by atoms with van der Waals surface area (Å²) in [5.74, 6) is -7.96. The van der Waals surface area contributed by atoms with Gasteiger partial charge in [0.15, 0.2) is 5.78 Å². The normalized spacial score (nSPS) is 39.1. The fourth-order valence-corrected chi connectivity index (χ4v) is 10.1. The van der Waals surface area contributed by atoms with E-state index in [9.17, 15) is 39.3 Å². The van der Waals surface area contributed by atoms with E-state index >= 15 is 0 Å². The zero-order valence-electron chi connectivity index (χ0n) is 40.6. The highest BCUT2D eigenvalue weighted by molar-refractivity contribution is 6.39. The van der Waals surface area contributed by atoms with Gasteiger partial charge in [-0.1, -0.05) is 71.1 Å². The third kappa shape index (κ3) is 14.3. The molecule has 1 saturated carbocycles. The molecular weight excluding hydrogens is 835 g/mol. The first-order valence-electron chi connectivity index (χ1n) is 23.9. The lowest BCUT2D eigenvalue weighted by Gasteiger charge is -2.42. The van der Waals surface area contributed by atoms with Gasteiger partial charge in [-0.25, -0.2) is 4.79 Å². The Morgan fingerprint density at radius 3 is 2.25 bits per heavy atom. The van der Waals surface area contributed by atoms with Crippen LogP contribution in [0.2, 0.25) is 0 Å². The van der Waals surface area contributed by atoms with Gasteiger partial charge in [0, 0.05) is 58.5 Å². The molecule has 4 aliphatic rings. The van der Waals surface area contributed by atoms with Gasteiger partial charge in [-0.15, -0.1) is 0 Å². The maximum Gasteiger partial charge on any atom is 0.329 e. The number of amides is 1. The van der Waals surface area contributed by atoms with E-state index < -0.39 is 83.9 Å². The first-order chi connectivity index (χ1) is 30.7. The van der Waals surface area contributed by atoms with Crippen LogP contribution in [-0.2, 0) is 47.7 Å². The molecule has 3 fully saturated rings. The first kappa shape index (κ1) is 54.2. The number of ether oxygens (including phenoxy) is 5. The van der Waals surface area contributed by atoms with Crippen molar-refractivity contribution in [3.05, 3.63) is 47.6 Å². The van der Waals surface area contributed by atoms with E-state index in [2.05, 4.69) is 0 Å². The lowest BCUT2D eigenvalue weighted by Crippen LogP contribution is -2.61. The highest BCUT2D eigenvalue weighted by Gasteiger charge is 2.53. The molecule has 14 heteroatoms. The number of Topliss-reactive ketones (excluding diaryl/α,β-unsaturated/α-hetero) is 3. The number of methoxy groups -OCH3 is 3. The van der Waals surface area contributed by atoms with E-state index in [1.807, 2.05) is 58.1 Å². The second-order valence-electron chi connectivity index (χ2n) is 19.6. The van der Waals surface area contributed by atoms with Crippen molar-refractivity contribution in [1.82, 2.24) is 4.90 Å². The number of ketones is 3. The van der Waals surface area contributed by atoms with E-state index in [0.29, 0.717) is 63.4 Å². The summed E-state index contributed by atoms with van der Waals surface area (Å²) in [5, 5.41) is 33.8. The zero-order valence-corrected chi connectivity index (χ0v) is 40.6. The van der Waals surface area contributed by atoms with E-state index in [4.69, 9.17) is 23.7 Å². The van der Waals surface area contributed by atoms with Crippen LogP contribution in [0.3, 0.4) is 0 Å². The molecule has 0 aromatic carbocycles. The molecule has 0 unspecified atom stereocenters. The standard InChI is InChI=1S/C51H79NO13/c1-30-16-12-11-13-17-31(2)42(61-8)28-38-21-19-36(7)51(60,65-38)48(57)49(58)52-23-15-14-18-39(52)50(59)64-43(33(4)26-37-20-22-40(53)44(27-37)62-9)29-41(54)32(3)25-35(6)46(56)47(63-10)45(55)34(5)24-30/h11-13,16-17,25,30,32-34,36-40,42-44,46-47,53,56,60H,14-15,18-24,26-29H2,1-10H3/b13-11?,16-12+,31-17?,35-25+/t30-,32-,33-,34-,36-,37+,38+,39+,40-,42+,43+,44-,46-,47+,51-/m1/s1. The van der Waals surface area contributed by atoms with Crippen LogP contribution in [-0.4, -0.2) is 132 Å². The Hall–Kier alpha value is -3.37. The SMILES string of the molecule is CO[C@H]1C[C@@H]2CC[C@@H](C)[C@@](O)(O2)C(=O)C(=O)N2CCCC[C@H]2C(=O)O[C@H]([C@H](C)C[C@@H]2CC[C@@H](O)[C@H](OC)C2)CC(=O)[C@H](C)/C=C(\C)[C@@H](O)[C@@H](OC)C(=O)[C@H](C)C[C@H](C)/C=C/C=CC=C1C. The number of aliphatic hydroxyl groups is 3. The van der Waals surface area contributed by atoms with E-state index in [-0.39, 0.29) is 54.8 Å². The molecule has 1 amide bonds. The minimum atomic E-state index is -2.43. The van der Waals surface area contributed by atoms with E-state index in [1.54, 1.807) is 41.1 Å². The van der Waals surface area contributed by atoms with Crippen molar-refractivity contribution in [3.8, 4) is 0 Å². The van der Waals surface area contributed by atoms with Crippen LogP contribution < -0.4 is 0 Å². The average Bonchev–Trinajstić information content (AvgIpc) is 3.28. The molecule has 3 heterocycles. The summed E-state index contributed by atoms with van der Waals surface area (Å²) < 4.78 is 29.4. The number of carbonyl (C=O) groups excluding carboxylic acids is 5. The van der Waals surface area contributed by atoms with Crippen molar-refractivity contribution >= 4 is 29.2 Å². The van der Waals surface area contributed by atoms with Crippen LogP contribution in [0.4, 0.5) is 0 Å². The van der Waals surface area contributed by atoms with Crippen molar-refractivity contribution in [2.45, 2.75) is 180 Å². The molecule has 2 saturated heterocycles. The van der Waals surface area contributed by atoms with Crippen LogP contribution in [0.1, 0.15) is 126 Å². The Morgan fingerprint density at radius 1 is 0.846 bits per heavy atom. The zero-order chi connectivity index (χ0) is 48.2. The highest BCUT2D eigenvalue weighted by Crippen LogP contribution is 2.38. The number of piperidine rings is 1. The van der Waals surface area contributed by atoms with Gasteiger partial charge in [-0.2, -0.15) is 0 Å². The lowest BCUT2D eigenvalue weighted by molar-refractivity contribution is -0.265. The molecule has 3 aliphatic heterocycles. The molecule has 1 aliphatic carbocycles. The predicted molar refractivity (Wildman–Crippen MR) is 245 cm³/mol. The Morgan fingerprint density at radius 2 is 1.57 bits per heavy atom. The second-order valence-corrected chi connectivity index (χ2v) is 19.6. The van der Waals surface area contributed by atoms with Gasteiger partial charge in [0.25, 0.3) is 11.7 Å². The molecular formula is C51H79NO13. The molecule has 15 atom stereocenters. The van der Waals surface area contributed by atoms with Crippen molar-refractivity contribution in [2.24, 2.45) is 35.5 Å². The van der Waals surface area contributed by atoms with Crippen LogP contribution in [0.25, 0.3) is 0 Å². The monoisotopic (exact) mass is 914 g/mol. The predicted octanol–water partition coefficient (Wildman–Crippen LogP) is 6.18. The fraction of sp³-hybridized carbons (Fsp3) is 0.745. The largest absolute Gasteiger partial charge is 0.460 e. The molecule has 2 bridgehead atoms. The van der Waals surface area contributed by atoms with Crippen LogP contribution in [0, 0.1) is 35.5 Å². The molecule has 366 valence electrons. The summed E-state index contributed by atoms with van der Waals surface area (Å²) in [4.78, 5) is 71.8. The molecule has 0 spiro atoms. The lowest BCUT2D eigenvalue weighted by atomic mass is 9.78. The average molecular weight is 914 g/mol. The Kier molecular flexibility index (Phi) is 21.0. The van der Waals surface area contributed by atoms with Crippen LogP contribution >= 0.6 is 0 Å². The van der Waals surface area contributed by atoms with Crippen molar-refractivity contribution in [3.63, 3.8) is 0 Å². The van der Waals surface area contributed by atoms with Crippen LogP contribution in [0.15, 0.2) is 47.6 Å². The number of fused-ring (bicyclic) bond motifs is 3. The van der Waals surface area contributed by atoms with Gasteiger partial charge in [0.2, 0.25) is 5.79 Å². The number of nitrogens with zero attached hydrogens (tertiary/aromatic N) is 1. The van der Waals surface area contributed by atoms with E-state index in [1.165, 1.54) is 12.0 Å². The molecule has 0 aromatic rings. The maximum absolute atomic E-state index is 14.4. The number of carbonyl (C=O) groups is 5. The van der Waals surface area contributed by atoms with Gasteiger partial charge in [-0.05, 0) is 107 Å². The number of hydrogen-bond acceptors (Lipinski definition) is 13. The van der Waals surface area contributed by atoms with Gasteiger partial charge in [0.05, 0.1) is 24.4 Å². The van der Waals surface area contributed by atoms with Crippen molar-refractivity contribution in [2.75, 3.05) is 27.9 Å². The number of allylic oxidation sites excluding steroid dienone is 6. The highest BCUT2D eigenvalue weighted by atomic mass is 16.6. The second kappa shape index (κ2) is 25.1. The Labute approximate surface area is 387 Å². The molecule has 65 heavy (non-hydrogen) atoms. The fourth-order valence-electron chi connectivity index (χ4n) is 10.1. The van der Waals surface area contributed by atoms with E-state index in [0.717, 1.165) is 12.0 Å². The number of esters is 1. The Balaban J connectivity index is 1.70. The first-order valence-corrected chi connectivity index (χ1v) is 23.9. The Bertz CT molecular complexity index is 1760. The summed E-state index contributed by atoms with van der Waals surface area (Å²) in [5.41, 5.74) is 1.27. The van der Waals surface area contributed by atoms with Gasteiger partial charge in [-0.3, -0.25) is 19.2 Å². The summed E-state index contributed by atoms with van der Waals surface area (Å²) >= 11 is 0. The molecule has 14 nitrogen and oxygen atoms in total. The summed E-state index contributed by atoms with van der Waals surface area (Å²) in [6.07, 6.45) is 11.2. The molecule has 0 radical (unpaired) electrons. The number of cyclic esters (lactones) is 1. The maximum atomic E-state index is 14.4. The number of rotatable bonds is 6. The summed E-state index contributed by atoms with van der Waals surface area (Å²) in [6, 6.07) is -1.14. The smallest absolute Gasteiger partial charge is 0.329 e. The molecule has 3 N–H and O–H groups in total. The van der Waals surface area contributed by atoms with Gasteiger partial charge < -0.3 is 43.9 Å². The van der Waals surface area contributed by atoms with Crippen LogP contribution in [0.5, 0.6) is 0 Å². The van der Waals surface area contributed by atoms with Crippen molar-refractivity contribution in [1.29, 1.82) is 0 Å². The summed E-state index contributed by atoms with van der Waals surface area (Å²) in [7, 11) is 4.52. The minimum absolute atomic E-state index is 0.0193. The number of hydrogen-bond donors (Lipinski definition) is 3. The number of aliphatic hydroxyl groups excluding tert-OH is 2. The topological polar surface area (TPSA) is 195 Å². The van der Waals surface area contributed by atoms with Crippen molar-refractivity contribution < 1.29 is 63.0 Å². The minimum Gasteiger partial charge on any atom is -0.460 e. The summed E-state index contributed by atoms with van der Waals surface area (Å²) in [6.45, 7) is 12.7. The molecule has 4 rings (SSSR count). The third-order valence-electron chi connectivity index (χ3n) is 14.5. The molecule has 0 aromatic heterocycles.